The number of nitrogens with one attached hydrogen (secondary N) is 1. The summed E-state index contributed by atoms with van der Waals surface area (Å²) in [5.74, 6) is 0. The molecule has 1 aromatic rings. The van der Waals surface area contributed by atoms with Crippen molar-refractivity contribution in [2.45, 2.75) is 25.3 Å². The summed E-state index contributed by atoms with van der Waals surface area (Å²) in [6.07, 6.45) is 2.52. The normalized spacial score (nSPS) is 27.5. The molecular formula is C15H23N3. The summed E-state index contributed by atoms with van der Waals surface area (Å²) in [5.41, 5.74) is 4.33. The van der Waals surface area contributed by atoms with Crippen LogP contribution < -0.4 is 15.1 Å². The van der Waals surface area contributed by atoms with E-state index in [1.54, 1.807) is 0 Å². The van der Waals surface area contributed by atoms with Crippen molar-refractivity contribution in [3.8, 4) is 0 Å². The molecule has 2 aliphatic rings. The van der Waals surface area contributed by atoms with Crippen molar-refractivity contribution in [2.24, 2.45) is 0 Å². The maximum atomic E-state index is 3.65. The minimum absolute atomic E-state index is 0.173. The first kappa shape index (κ1) is 11.8. The highest BCUT2D eigenvalue weighted by atomic mass is 15.2. The van der Waals surface area contributed by atoms with Crippen LogP contribution in [0.25, 0.3) is 0 Å². The van der Waals surface area contributed by atoms with E-state index in [2.05, 4.69) is 54.3 Å². The Kier molecular flexibility index (Phi) is 2.74. The third-order valence-corrected chi connectivity index (χ3v) is 4.57. The van der Waals surface area contributed by atoms with E-state index in [0.29, 0.717) is 0 Å². The van der Waals surface area contributed by atoms with E-state index in [-0.39, 0.29) is 5.54 Å². The lowest BCUT2D eigenvalue weighted by atomic mass is 9.89. The molecule has 98 valence electrons. The molecule has 0 amide bonds. The fraction of sp³-hybridized carbons (Fsp3) is 0.600. The fourth-order valence-electron chi connectivity index (χ4n) is 3.18. The molecule has 1 atom stereocenters. The zero-order valence-corrected chi connectivity index (χ0v) is 11.7. The van der Waals surface area contributed by atoms with Crippen LogP contribution in [0.1, 0.15) is 25.3 Å². The van der Waals surface area contributed by atoms with Gasteiger partial charge in [0.25, 0.3) is 0 Å². The summed E-state index contributed by atoms with van der Waals surface area (Å²) in [6.45, 7) is 5.69. The van der Waals surface area contributed by atoms with Crippen LogP contribution in [0.5, 0.6) is 0 Å². The number of benzene rings is 1. The van der Waals surface area contributed by atoms with Crippen LogP contribution in [-0.2, 0) is 5.54 Å². The minimum atomic E-state index is 0.173. The van der Waals surface area contributed by atoms with Gasteiger partial charge in [0.2, 0.25) is 0 Å². The van der Waals surface area contributed by atoms with Crippen LogP contribution >= 0.6 is 0 Å². The second-order valence-electron chi connectivity index (χ2n) is 5.91. The Labute approximate surface area is 110 Å². The molecule has 0 spiro atoms. The second kappa shape index (κ2) is 4.16. The van der Waals surface area contributed by atoms with Gasteiger partial charge in [0.15, 0.2) is 0 Å². The number of hydrogen-bond donors (Lipinski definition) is 1. The van der Waals surface area contributed by atoms with Crippen molar-refractivity contribution in [2.75, 3.05) is 43.5 Å². The summed E-state index contributed by atoms with van der Waals surface area (Å²) in [6, 6.07) is 6.96. The van der Waals surface area contributed by atoms with E-state index in [4.69, 9.17) is 0 Å². The Balaban J connectivity index is 2.02. The molecule has 1 N–H and O–H groups in total. The molecule has 1 aromatic carbocycles. The van der Waals surface area contributed by atoms with Crippen molar-refractivity contribution < 1.29 is 0 Å². The van der Waals surface area contributed by atoms with Crippen molar-refractivity contribution in [1.82, 2.24) is 5.32 Å². The molecular weight excluding hydrogens is 222 g/mol. The highest BCUT2D eigenvalue weighted by Gasteiger charge is 2.31. The molecule has 1 unspecified atom stereocenters. The smallest absolute Gasteiger partial charge is 0.0605 e. The number of fused-ring (bicyclic) bond motifs is 1. The minimum Gasteiger partial charge on any atom is -0.371 e. The Bertz CT molecular complexity index is 449. The maximum absolute atomic E-state index is 3.65. The quantitative estimate of drug-likeness (QED) is 0.818. The summed E-state index contributed by atoms with van der Waals surface area (Å²) in [7, 11) is 4.38. The number of rotatable bonds is 1. The molecule has 0 radical (unpaired) electrons. The Morgan fingerprint density at radius 2 is 1.83 bits per heavy atom. The van der Waals surface area contributed by atoms with Crippen LogP contribution in [0.3, 0.4) is 0 Å². The van der Waals surface area contributed by atoms with E-state index >= 15 is 0 Å². The van der Waals surface area contributed by atoms with Gasteiger partial charge >= 0.3 is 0 Å². The second-order valence-corrected chi connectivity index (χ2v) is 5.91. The molecule has 3 nitrogen and oxygen atoms in total. The average Bonchev–Trinajstić information content (AvgIpc) is 2.82. The Morgan fingerprint density at radius 3 is 2.50 bits per heavy atom. The lowest BCUT2D eigenvalue weighted by Gasteiger charge is -2.36. The first-order valence-electron chi connectivity index (χ1n) is 6.92. The van der Waals surface area contributed by atoms with Gasteiger partial charge in [-0.3, -0.25) is 0 Å². The highest BCUT2D eigenvalue weighted by Crippen LogP contribution is 2.37. The van der Waals surface area contributed by atoms with Crippen LogP contribution in [0.4, 0.5) is 11.4 Å². The third-order valence-electron chi connectivity index (χ3n) is 4.57. The molecule has 1 fully saturated rings. The standard InChI is InChI=1S/C15H23N3/c1-15(7-4-8-16-15)12-5-6-13-14(11-12)18(3)10-9-17(13)2/h5-6,11,16H,4,7-10H2,1-3H3. The zero-order valence-electron chi connectivity index (χ0n) is 11.7. The van der Waals surface area contributed by atoms with Gasteiger partial charge in [-0.15, -0.1) is 0 Å². The molecule has 0 aromatic heterocycles. The van der Waals surface area contributed by atoms with E-state index in [1.807, 2.05) is 0 Å². The van der Waals surface area contributed by atoms with Crippen LogP contribution in [0.2, 0.25) is 0 Å². The Hall–Kier alpha value is -1.22. The van der Waals surface area contributed by atoms with Crippen molar-refractivity contribution in [3.05, 3.63) is 23.8 Å². The van der Waals surface area contributed by atoms with Crippen LogP contribution in [-0.4, -0.2) is 33.7 Å². The predicted molar refractivity (Wildman–Crippen MR) is 77.6 cm³/mol. The molecule has 1 saturated heterocycles. The number of anilines is 2. The average molecular weight is 245 g/mol. The first-order chi connectivity index (χ1) is 8.60. The third kappa shape index (κ3) is 1.77. The first-order valence-corrected chi connectivity index (χ1v) is 6.92. The molecule has 0 aliphatic carbocycles. The lowest BCUT2D eigenvalue weighted by Crippen LogP contribution is -2.38. The van der Waals surface area contributed by atoms with Gasteiger partial charge in [-0.1, -0.05) is 6.07 Å². The Morgan fingerprint density at radius 1 is 1.11 bits per heavy atom. The largest absolute Gasteiger partial charge is 0.371 e. The number of likely N-dealkylation sites (N-methyl/N-ethyl adjacent to an activating group) is 2. The molecule has 3 heteroatoms. The predicted octanol–water partition coefficient (Wildman–Crippen LogP) is 2.17. The van der Waals surface area contributed by atoms with Gasteiger partial charge < -0.3 is 15.1 Å². The number of nitrogens with zero attached hydrogens (tertiary/aromatic N) is 2. The molecule has 0 bridgehead atoms. The van der Waals surface area contributed by atoms with Gasteiger partial charge in [0.05, 0.1) is 11.4 Å². The van der Waals surface area contributed by atoms with Gasteiger partial charge in [-0.05, 0) is 44.0 Å². The van der Waals surface area contributed by atoms with E-state index in [9.17, 15) is 0 Å². The molecule has 0 saturated carbocycles. The molecule has 18 heavy (non-hydrogen) atoms. The van der Waals surface area contributed by atoms with Crippen molar-refractivity contribution in [3.63, 3.8) is 0 Å². The molecule has 2 aliphatic heterocycles. The maximum Gasteiger partial charge on any atom is 0.0605 e. The van der Waals surface area contributed by atoms with E-state index in [0.717, 1.165) is 19.6 Å². The van der Waals surface area contributed by atoms with Crippen LogP contribution in [0.15, 0.2) is 18.2 Å². The number of hydrogen-bond acceptors (Lipinski definition) is 3. The summed E-state index contributed by atoms with van der Waals surface area (Å²) in [4.78, 5) is 4.72. The van der Waals surface area contributed by atoms with Gasteiger partial charge in [-0.2, -0.15) is 0 Å². The monoisotopic (exact) mass is 245 g/mol. The van der Waals surface area contributed by atoms with Crippen molar-refractivity contribution >= 4 is 11.4 Å². The summed E-state index contributed by atoms with van der Waals surface area (Å²) >= 11 is 0. The van der Waals surface area contributed by atoms with Crippen molar-refractivity contribution in [1.29, 1.82) is 0 Å². The van der Waals surface area contributed by atoms with E-state index in [1.165, 1.54) is 29.8 Å². The molecule has 2 heterocycles. The van der Waals surface area contributed by atoms with Crippen LogP contribution in [0, 0.1) is 0 Å². The zero-order chi connectivity index (χ0) is 12.8. The van der Waals surface area contributed by atoms with Gasteiger partial charge in [0, 0.05) is 32.7 Å². The van der Waals surface area contributed by atoms with E-state index < -0.39 is 0 Å². The van der Waals surface area contributed by atoms with Gasteiger partial charge in [-0.25, -0.2) is 0 Å². The topological polar surface area (TPSA) is 18.5 Å². The lowest BCUT2D eigenvalue weighted by molar-refractivity contribution is 0.434. The summed E-state index contributed by atoms with van der Waals surface area (Å²) < 4.78 is 0. The SMILES string of the molecule is CN1CCN(C)c2cc(C3(C)CCCN3)ccc21. The van der Waals surface area contributed by atoms with Gasteiger partial charge in [0.1, 0.15) is 0 Å². The molecule has 3 rings (SSSR count). The summed E-state index contributed by atoms with van der Waals surface area (Å²) in [5, 5.41) is 3.65. The highest BCUT2D eigenvalue weighted by molar-refractivity contribution is 5.74. The fourth-order valence-corrected chi connectivity index (χ4v) is 3.18.